The van der Waals surface area contributed by atoms with Crippen molar-refractivity contribution in [3.8, 4) is 17.6 Å². The van der Waals surface area contributed by atoms with E-state index in [1.807, 2.05) is 42.8 Å². The molecule has 5 nitrogen and oxygen atoms in total. The summed E-state index contributed by atoms with van der Waals surface area (Å²) < 4.78 is 21.4. The smallest absolute Gasteiger partial charge is 0.188 e. The summed E-state index contributed by atoms with van der Waals surface area (Å²) in [4.78, 5) is 0. The molecule has 135 valence electrons. The second kappa shape index (κ2) is 8.25. The second-order valence-electron chi connectivity index (χ2n) is 5.04. The number of para-hydroxylation sites is 1. The maximum atomic E-state index is 9.31. The van der Waals surface area contributed by atoms with Crippen molar-refractivity contribution < 1.29 is 18.9 Å². The van der Waals surface area contributed by atoms with Gasteiger partial charge >= 0.3 is 0 Å². The molecule has 0 fully saturated rings. The summed E-state index contributed by atoms with van der Waals surface area (Å²) in [6, 6.07) is 7.87. The van der Waals surface area contributed by atoms with Crippen molar-refractivity contribution >= 4 is 0 Å². The van der Waals surface area contributed by atoms with E-state index >= 15 is 0 Å². The van der Waals surface area contributed by atoms with Crippen LogP contribution in [-0.2, 0) is 14.9 Å². The standard InChI is InChI=1S/C18H20NO4.No/c1-20-13-23-17-15(5-4-6-16(17)22-3)18(11-12-19)9-7-14(21-2)8-10-18;/h4-10H,11,13H2,1-3H3;. The zero-order valence-corrected chi connectivity index (χ0v) is 16.0. The summed E-state index contributed by atoms with van der Waals surface area (Å²) in [5.41, 5.74) is 0.243. The summed E-state index contributed by atoms with van der Waals surface area (Å²) in [5, 5.41) is 9.31. The average Bonchev–Trinajstić information content (AvgIpc) is 2.60. The van der Waals surface area contributed by atoms with E-state index in [2.05, 4.69) is 6.07 Å². The van der Waals surface area contributed by atoms with E-state index in [0.717, 1.165) is 11.3 Å². The Hall–Kier alpha value is -3.45. The van der Waals surface area contributed by atoms with E-state index in [-0.39, 0.29) is 13.2 Å². The summed E-state index contributed by atoms with van der Waals surface area (Å²) in [7, 11) is 4.75. The molecule has 0 N–H and O–H groups in total. The number of hydrogen-bond acceptors (Lipinski definition) is 5. The predicted octanol–water partition coefficient (Wildman–Crippen LogP) is 3.13. The van der Waals surface area contributed by atoms with Gasteiger partial charge in [-0.25, -0.2) is 0 Å². The van der Waals surface area contributed by atoms with Gasteiger partial charge in [0, 0.05) is 30.9 Å². The van der Waals surface area contributed by atoms with Gasteiger partial charge in [-0.05, 0) is 18.2 Å². The number of nitrogens with zero attached hydrogens (tertiary/aromatic N) is 1. The van der Waals surface area contributed by atoms with Crippen molar-refractivity contribution in [2.45, 2.75) is 11.8 Å². The number of rotatable bonds is 7. The third-order valence-corrected chi connectivity index (χ3v) is 3.72. The Bertz CT molecular complexity index is 651. The SMILES string of the molecule is COCOc1c(OC)cccc1C1(CC#N)[CH]C=C(OC)C=C1.[No]. The maximum Gasteiger partial charge on any atom is 0.188 e. The minimum Gasteiger partial charge on any atom is -0.497 e. The van der Waals surface area contributed by atoms with E-state index in [1.54, 1.807) is 21.3 Å². The Morgan fingerprint density at radius 1 is 1.17 bits per heavy atom. The fourth-order valence-electron chi connectivity index (χ4n) is 2.54. The molecule has 0 saturated heterocycles. The third-order valence-electron chi connectivity index (χ3n) is 3.72. The van der Waals surface area contributed by atoms with Gasteiger partial charge < -0.3 is 18.9 Å². The molecule has 24 heavy (non-hydrogen) atoms. The van der Waals surface area contributed by atoms with Crippen LogP contribution in [0.3, 0.4) is 0 Å². The number of allylic oxidation sites excluding steroid dienone is 3. The minimum atomic E-state index is -0.603. The molecule has 1 atom stereocenters. The first-order valence-corrected chi connectivity index (χ1v) is 7.16. The molecule has 6 heteroatoms. The quantitative estimate of drug-likeness (QED) is 0.470. The monoisotopic (exact) mass is 573 g/mol. The minimum absolute atomic E-state index is 0. The molecule has 1 unspecified atom stereocenters. The number of methoxy groups -OCH3 is 3. The van der Waals surface area contributed by atoms with Crippen LogP contribution in [-0.4, -0.2) is 28.1 Å². The molecule has 1 aliphatic rings. The Morgan fingerprint density at radius 3 is 2.50 bits per heavy atom. The first kappa shape index (κ1) is 18.6. The van der Waals surface area contributed by atoms with Gasteiger partial charge in [-0.3, -0.25) is 0 Å². The molecule has 1 radical (unpaired) electrons. The largest absolute Gasteiger partial charge is 0.497 e. The van der Waals surface area contributed by atoms with Gasteiger partial charge in [0.15, 0.2) is 18.3 Å². The van der Waals surface area contributed by atoms with Crippen molar-refractivity contribution in [1.29, 1.82) is 5.26 Å². The van der Waals surface area contributed by atoms with E-state index in [1.165, 1.54) is 0 Å². The molecule has 0 bridgehead atoms. The molecule has 2 rings (SSSR count). The number of hydrogen-bond donors (Lipinski definition) is 0. The van der Waals surface area contributed by atoms with Crippen LogP contribution in [0.4, 0.5) is 0 Å². The van der Waals surface area contributed by atoms with Gasteiger partial charge in [0.1, 0.15) is 5.76 Å². The summed E-state index contributed by atoms with van der Waals surface area (Å²) in [5.74, 6) is 1.91. The van der Waals surface area contributed by atoms with Crippen LogP contribution < -0.4 is 9.47 Å². The van der Waals surface area contributed by atoms with Crippen LogP contribution in [0, 0.1) is 17.8 Å². The average molecular weight is 573 g/mol. The number of ether oxygens (including phenoxy) is 4. The fraction of sp³-hybridized carbons (Fsp3) is 0.333. The second-order valence-corrected chi connectivity index (χ2v) is 5.04. The molecular weight excluding hydrogens is 553 g/mol. The Labute approximate surface area is 136 Å². The first-order chi connectivity index (χ1) is 11.2. The zero-order chi connectivity index (χ0) is 16.7. The van der Waals surface area contributed by atoms with Crippen molar-refractivity contribution in [2.24, 2.45) is 0 Å². The van der Waals surface area contributed by atoms with E-state index in [4.69, 9.17) is 18.9 Å². The first-order valence-electron chi connectivity index (χ1n) is 7.16. The topological polar surface area (TPSA) is 60.7 Å². The summed E-state index contributed by atoms with van der Waals surface area (Å²) >= 11 is 0. The number of benzene rings is 1. The summed E-state index contributed by atoms with van der Waals surface area (Å²) in [6.07, 6.45) is 7.88. The Morgan fingerprint density at radius 2 is 1.96 bits per heavy atom. The van der Waals surface area contributed by atoms with Crippen LogP contribution >= 0.6 is 0 Å². The van der Waals surface area contributed by atoms with Gasteiger partial charge in [0.2, 0.25) is 0 Å². The van der Waals surface area contributed by atoms with Crippen molar-refractivity contribution in [2.75, 3.05) is 28.1 Å². The maximum absolute atomic E-state index is 9.31. The molecule has 0 aliphatic heterocycles. The molecule has 0 saturated carbocycles. The normalized spacial score (nSPS) is 18.8. The van der Waals surface area contributed by atoms with Crippen LogP contribution in [0.1, 0.15) is 12.0 Å². The van der Waals surface area contributed by atoms with E-state index in [0.29, 0.717) is 11.5 Å². The van der Waals surface area contributed by atoms with Gasteiger partial charge in [0.25, 0.3) is 0 Å². The molecule has 1 aliphatic carbocycles. The molecule has 0 heterocycles. The number of nitriles is 1. The van der Waals surface area contributed by atoms with Crippen LogP contribution in [0.2, 0.25) is 0 Å². The molecule has 0 aromatic heterocycles. The van der Waals surface area contributed by atoms with Crippen molar-refractivity contribution in [3.05, 3.63) is 54.2 Å². The van der Waals surface area contributed by atoms with Gasteiger partial charge in [0.05, 0.1) is 20.3 Å². The third kappa shape index (κ3) is 3.47. The van der Waals surface area contributed by atoms with Gasteiger partial charge in [-0.15, -0.1) is 0 Å². The van der Waals surface area contributed by atoms with Gasteiger partial charge in [-0.2, -0.15) is 5.26 Å². The van der Waals surface area contributed by atoms with Crippen molar-refractivity contribution in [3.63, 3.8) is 0 Å². The molecule has 1 aromatic carbocycles. The molecule has 0 spiro atoms. The Balaban J connectivity index is 0.00000288. The molecule has 0 amide bonds. The molecular formula is C18H20NNoO4. The Kier molecular flexibility index (Phi) is 6.40. The van der Waals surface area contributed by atoms with Crippen molar-refractivity contribution in [1.82, 2.24) is 0 Å². The van der Waals surface area contributed by atoms with Crippen LogP contribution in [0.5, 0.6) is 11.5 Å². The predicted molar refractivity (Wildman–Crippen MR) is 85.9 cm³/mol. The van der Waals surface area contributed by atoms with Crippen LogP contribution in [0.15, 0.2) is 42.2 Å². The molecule has 1 aromatic rings. The van der Waals surface area contributed by atoms with Gasteiger partial charge in [-0.1, -0.05) is 18.2 Å². The van der Waals surface area contributed by atoms with E-state index < -0.39 is 5.41 Å². The fourth-order valence-corrected chi connectivity index (χ4v) is 2.54. The summed E-state index contributed by atoms with van der Waals surface area (Å²) in [6.45, 7) is 0.0961. The van der Waals surface area contributed by atoms with Crippen LogP contribution in [0.25, 0.3) is 0 Å². The zero-order valence-electron chi connectivity index (χ0n) is 13.8. The van der Waals surface area contributed by atoms with E-state index in [9.17, 15) is 5.26 Å².